The molecular weight excluding hydrogens is 406 g/mol. The molecule has 3 aromatic rings. The zero-order chi connectivity index (χ0) is 22.9. The highest BCUT2D eigenvalue weighted by Gasteiger charge is 2.10. The van der Waals surface area contributed by atoms with Crippen LogP contribution >= 0.6 is 0 Å². The molecule has 3 aromatic carbocycles. The van der Waals surface area contributed by atoms with Crippen molar-refractivity contribution in [2.24, 2.45) is 5.92 Å². The van der Waals surface area contributed by atoms with E-state index < -0.39 is 6.09 Å². The average molecular weight is 431 g/mol. The highest BCUT2D eigenvalue weighted by Crippen LogP contribution is 2.18. The molecule has 0 atom stereocenters. The van der Waals surface area contributed by atoms with Crippen LogP contribution in [0.3, 0.4) is 0 Å². The number of anilines is 3. The first-order valence-corrected chi connectivity index (χ1v) is 10.2. The van der Waals surface area contributed by atoms with Crippen molar-refractivity contribution < 1.29 is 19.1 Å². The number of carbonyl (C=O) groups excluding carboxylic acids is 3. The Hall–Kier alpha value is -4.13. The van der Waals surface area contributed by atoms with E-state index in [2.05, 4.69) is 16.0 Å². The number of ether oxygens (including phenoxy) is 1. The maximum absolute atomic E-state index is 12.6. The predicted octanol–water partition coefficient (Wildman–Crippen LogP) is 5.40. The fourth-order valence-electron chi connectivity index (χ4n) is 2.77. The molecule has 164 valence electrons. The third kappa shape index (κ3) is 6.70. The second-order valence-electron chi connectivity index (χ2n) is 7.55. The van der Waals surface area contributed by atoms with Crippen LogP contribution in [-0.2, 0) is 4.74 Å². The van der Waals surface area contributed by atoms with Gasteiger partial charge in [-0.15, -0.1) is 0 Å². The summed E-state index contributed by atoms with van der Waals surface area (Å²) in [5.41, 5.74) is 2.60. The number of rotatable bonds is 7. The molecule has 0 saturated carbocycles. The molecule has 0 bridgehead atoms. The van der Waals surface area contributed by atoms with Crippen molar-refractivity contribution in [1.29, 1.82) is 0 Å². The Morgan fingerprint density at radius 3 is 1.88 bits per heavy atom. The van der Waals surface area contributed by atoms with E-state index in [1.165, 1.54) is 0 Å². The van der Waals surface area contributed by atoms with Crippen molar-refractivity contribution in [3.63, 3.8) is 0 Å². The monoisotopic (exact) mass is 431 g/mol. The number of nitrogens with one attached hydrogen (secondary N) is 3. The van der Waals surface area contributed by atoms with Gasteiger partial charge in [0.25, 0.3) is 11.8 Å². The smallest absolute Gasteiger partial charge is 0.411 e. The van der Waals surface area contributed by atoms with Crippen LogP contribution in [-0.4, -0.2) is 24.5 Å². The molecule has 0 heterocycles. The van der Waals surface area contributed by atoms with Crippen LogP contribution in [0.1, 0.15) is 34.6 Å². The summed E-state index contributed by atoms with van der Waals surface area (Å²) < 4.78 is 5.10. The van der Waals surface area contributed by atoms with Crippen molar-refractivity contribution in [3.05, 3.63) is 90.0 Å². The lowest BCUT2D eigenvalue weighted by Crippen LogP contribution is -2.17. The minimum absolute atomic E-state index is 0.223. The number of hydrogen-bond donors (Lipinski definition) is 3. The van der Waals surface area contributed by atoms with E-state index in [0.717, 1.165) is 0 Å². The van der Waals surface area contributed by atoms with E-state index in [-0.39, 0.29) is 17.7 Å². The molecule has 3 rings (SSSR count). The SMILES string of the molecule is CC(C)COC(=O)Nc1cccc(NC(=O)c2ccc(NC(=O)c3ccccc3)cc2)c1. The molecule has 0 unspecified atom stereocenters. The number of carbonyl (C=O) groups is 3. The van der Waals surface area contributed by atoms with Gasteiger partial charge in [-0.1, -0.05) is 38.1 Å². The molecule has 0 fully saturated rings. The lowest BCUT2D eigenvalue weighted by atomic mass is 10.1. The molecule has 3 N–H and O–H groups in total. The first kappa shape index (κ1) is 22.6. The van der Waals surface area contributed by atoms with Crippen molar-refractivity contribution in [3.8, 4) is 0 Å². The van der Waals surface area contributed by atoms with Crippen molar-refractivity contribution in [2.45, 2.75) is 13.8 Å². The first-order valence-electron chi connectivity index (χ1n) is 10.2. The van der Waals surface area contributed by atoms with Gasteiger partial charge in [-0.25, -0.2) is 4.79 Å². The maximum Gasteiger partial charge on any atom is 0.411 e. The molecule has 0 radical (unpaired) electrons. The van der Waals surface area contributed by atoms with E-state index in [1.54, 1.807) is 72.8 Å². The van der Waals surface area contributed by atoms with Gasteiger partial charge in [-0.2, -0.15) is 0 Å². The van der Waals surface area contributed by atoms with E-state index in [4.69, 9.17) is 4.74 Å². The topological polar surface area (TPSA) is 96.5 Å². The normalized spacial score (nSPS) is 10.3. The van der Waals surface area contributed by atoms with E-state index in [1.807, 2.05) is 19.9 Å². The highest BCUT2D eigenvalue weighted by atomic mass is 16.5. The third-order valence-electron chi connectivity index (χ3n) is 4.36. The molecule has 0 spiro atoms. The molecule has 0 aliphatic heterocycles. The highest BCUT2D eigenvalue weighted by molar-refractivity contribution is 6.06. The zero-order valence-corrected chi connectivity index (χ0v) is 17.9. The zero-order valence-electron chi connectivity index (χ0n) is 17.9. The molecule has 0 saturated heterocycles. The van der Waals surface area contributed by atoms with Crippen LogP contribution in [0.2, 0.25) is 0 Å². The Bertz CT molecular complexity index is 1080. The first-order chi connectivity index (χ1) is 15.4. The summed E-state index contributed by atoms with van der Waals surface area (Å²) in [5, 5.41) is 8.22. The fourth-order valence-corrected chi connectivity index (χ4v) is 2.77. The molecule has 7 heteroatoms. The van der Waals surface area contributed by atoms with Crippen molar-refractivity contribution in [1.82, 2.24) is 0 Å². The summed E-state index contributed by atoms with van der Waals surface area (Å²) in [7, 11) is 0. The summed E-state index contributed by atoms with van der Waals surface area (Å²) in [6.07, 6.45) is -0.546. The van der Waals surface area contributed by atoms with E-state index in [0.29, 0.717) is 34.8 Å². The van der Waals surface area contributed by atoms with Crippen LogP contribution in [0.15, 0.2) is 78.9 Å². The van der Waals surface area contributed by atoms with Crippen LogP contribution < -0.4 is 16.0 Å². The second-order valence-corrected chi connectivity index (χ2v) is 7.55. The van der Waals surface area contributed by atoms with E-state index >= 15 is 0 Å². The van der Waals surface area contributed by atoms with Crippen LogP contribution in [0.5, 0.6) is 0 Å². The number of benzene rings is 3. The third-order valence-corrected chi connectivity index (χ3v) is 4.36. The predicted molar refractivity (Wildman–Crippen MR) is 125 cm³/mol. The summed E-state index contributed by atoms with van der Waals surface area (Å²) in [6, 6.07) is 22.2. The molecule has 0 aliphatic carbocycles. The van der Waals surface area contributed by atoms with Gasteiger partial charge in [-0.3, -0.25) is 14.9 Å². The average Bonchev–Trinajstić information content (AvgIpc) is 2.79. The minimum Gasteiger partial charge on any atom is -0.449 e. The molecule has 7 nitrogen and oxygen atoms in total. The second kappa shape index (κ2) is 10.8. The summed E-state index contributed by atoms with van der Waals surface area (Å²) >= 11 is 0. The molecule has 0 aliphatic rings. The minimum atomic E-state index is -0.546. The van der Waals surface area contributed by atoms with Gasteiger partial charge in [0.15, 0.2) is 0 Å². The maximum atomic E-state index is 12.6. The van der Waals surface area contributed by atoms with Gasteiger partial charge in [0.05, 0.1) is 6.61 Å². The standard InChI is InChI=1S/C25H25N3O4/c1-17(2)16-32-25(31)28-22-10-6-9-21(15-22)27-24(30)19-11-13-20(14-12-19)26-23(29)18-7-4-3-5-8-18/h3-15,17H,16H2,1-2H3,(H,26,29)(H,27,30)(H,28,31). The van der Waals surface area contributed by atoms with Gasteiger partial charge >= 0.3 is 6.09 Å². The van der Waals surface area contributed by atoms with Crippen LogP contribution in [0.25, 0.3) is 0 Å². The van der Waals surface area contributed by atoms with Gasteiger partial charge in [0.2, 0.25) is 0 Å². The Balaban J connectivity index is 1.57. The summed E-state index contributed by atoms with van der Waals surface area (Å²) in [6.45, 7) is 4.23. The summed E-state index contributed by atoms with van der Waals surface area (Å²) in [4.78, 5) is 36.6. The lowest BCUT2D eigenvalue weighted by molar-refractivity contribution is 0.102. The van der Waals surface area contributed by atoms with Crippen LogP contribution in [0.4, 0.5) is 21.9 Å². The van der Waals surface area contributed by atoms with E-state index in [9.17, 15) is 14.4 Å². The molecule has 3 amide bonds. The lowest BCUT2D eigenvalue weighted by Gasteiger charge is -2.11. The largest absolute Gasteiger partial charge is 0.449 e. The Morgan fingerprint density at radius 2 is 1.25 bits per heavy atom. The Kier molecular flexibility index (Phi) is 7.59. The van der Waals surface area contributed by atoms with Gasteiger partial charge in [0.1, 0.15) is 0 Å². The Labute approximate surface area is 186 Å². The van der Waals surface area contributed by atoms with Gasteiger partial charge < -0.3 is 15.4 Å². The van der Waals surface area contributed by atoms with Gasteiger partial charge in [-0.05, 0) is 60.5 Å². The van der Waals surface area contributed by atoms with Gasteiger partial charge in [0, 0.05) is 28.2 Å². The quantitative estimate of drug-likeness (QED) is 0.467. The number of amides is 3. The number of hydrogen-bond acceptors (Lipinski definition) is 4. The fraction of sp³-hybridized carbons (Fsp3) is 0.160. The van der Waals surface area contributed by atoms with Crippen molar-refractivity contribution in [2.75, 3.05) is 22.6 Å². The molecule has 0 aromatic heterocycles. The van der Waals surface area contributed by atoms with Crippen molar-refractivity contribution >= 4 is 35.0 Å². The molecular formula is C25H25N3O4. The van der Waals surface area contributed by atoms with Crippen LogP contribution in [0, 0.1) is 5.92 Å². The molecule has 32 heavy (non-hydrogen) atoms. The Morgan fingerprint density at radius 1 is 0.688 bits per heavy atom. The summed E-state index contributed by atoms with van der Waals surface area (Å²) in [5.74, 6) is -0.297.